The van der Waals surface area contributed by atoms with Gasteiger partial charge < -0.3 is 10.1 Å². The van der Waals surface area contributed by atoms with Crippen LogP contribution in [-0.2, 0) is 16.9 Å². The summed E-state index contributed by atoms with van der Waals surface area (Å²) in [5, 5.41) is 2.79. The molecule has 0 aliphatic carbocycles. The molecule has 1 amide bonds. The molecular formula is C22H19FINO2. The zero-order valence-electron chi connectivity index (χ0n) is 14.5. The molecule has 0 bridgehead atoms. The van der Waals surface area contributed by atoms with E-state index in [1.807, 2.05) is 66.7 Å². The van der Waals surface area contributed by atoms with Gasteiger partial charge in [-0.2, -0.15) is 0 Å². The minimum absolute atomic E-state index is 0.116. The Morgan fingerprint density at radius 3 is 1.78 bits per heavy atom. The van der Waals surface area contributed by atoms with Gasteiger partial charge in [-0.15, -0.1) is 0 Å². The predicted molar refractivity (Wildman–Crippen MR) is 112 cm³/mol. The largest absolute Gasteiger partial charge is 0.445 e. The maximum atomic E-state index is 15.0. The molecule has 3 aromatic carbocycles. The highest BCUT2D eigenvalue weighted by Crippen LogP contribution is 2.38. The van der Waals surface area contributed by atoms with E-state index in [4.69, 9.17) is 4.74 Å². The summed E-state index contributed by atoms with van der Waals surface area (Å²) in [5.41, 5.74) is 0.810. The molecule has 27 heavy (non-hydrogen) atoms. The van der Waals surface area contributed by atoms with Crippen molar-refractivity contribution in [1.29, 1.82) is 0 Å². The maximum Gasteiger partial charge on any atom is 0.408 e. The van der Waals surface area contributed by atoms with E-state index in [1.165, 1.54) is 0 Å². The van der Waals surface area contributed by atoms with E-state index in [0.717, 1.165) is 5.56 Å². The van der Waals surface area contributed by atoms with Gasteiger partial charge in [-0.3, -0.25) is 0 Å². The fourth-order valence-electron chi connectivity index (χ4n) is 2.94. The van der Waals surface area contributed by atoms with Gasteiger partial charge in [0.25, 0.3) is 0 Å². The normalized spacial score (nSPS) is 12.2. The van der Waals surface area contributed by atoms with Crippen molar-refractivity contribution in [3.05, 3.63) is 108 Å². The highest BCUT2D eigenvalue weighted by atomic mass is 127. The van der Waals surface area contributed by atoms with Gasteiger partial charge in [0.2, 0.25) is 0 Å². The Labute approximate surface area is 171 Å². The molecule has 1 N–H and O–H groups in total. The summed E-state index contributed by atoms with van der Waals surface area (Å²) in [4.78, 5) is 12.6. The lowest BCUT2D eigenvalue weighted by Crippen LogP contribution is -2.51. The molecule has 3 nitrogen and oxygen atoms in total. The highest BCUT2D eigenvalue weighted by molar-refractivity contribution is 14.1. The predicted octanol–water partition coefficient (Wildman–Crippen LogP) is 5.59. The van der Waals surface area contributed by atoms with Crippen LogP contribution in [0.25, 0.3) is 0 Å². The molecule has 0 spiro atoms. The summed E-state index contributed by atoms with van der Waals surface area (Å²) in [5.74, 6) is 0. The van der Waals surface area contributed by atoms with Crippen molar-refractivity contribution in [2.24, 2.45) is 0 Å². The number of rotatable bonds is 6. The summed E-state index contributed by atoms with van der Waals surface area (Å²) >= 11 is 1.70. The Morgan fingerprint density at radius 1 is 0.889 bits per heavy atom. The number of ether oxygens (including phenoxy) is 1. The van der Waals surface area contributed by atoms with Gasteiger partial charge in [-0.05, 0) is 39.3 Å². The molecule has 3 rings (SSSR count). The van der Waals surface area contributed by atoms with Crippen molar-refractivity contribution < 1.29 is 13.9 Å². The maximum absolute atomic E-state index is 15.0. The third kappa shape index (κ3) is 4.47. The first kappa shape index (κ1) is 19.4. The summed E-state index contributed by atoms with van der Waals surface area (Å²) in [7, 11) is 0. The SMILES string of the molecule is O=C(NC(c1ccccc1)(c1ccccc1)C(F)I)OCc1ccccc1. The van der Waals surface area contributed by atoms with E-state index < -0.39 is 15.8 Å². The second-order valence-corrected chi connectivity index (χ2v) is 7.12. The molecule has 0 heterocycles. The molecule has 0 aromatic heterocycles. The summed E-state index contributed by atoms with van der Waals surface area (Å²) in [6, 6.07) is 27.6. The van der Waals surface area contributed by atoms with Gasteiger partial charge >= 0.3 is 6.09 Å². The van der Waals surface area contributed by atoms with E-state index in [2.05, 4.69) is 5.32 Å². The van der Waals surface area contributed by atoms with E-state index in [0.29, 0.717) is 11.1 Å². The van der Waals surface area contributed by atoms with Gasteiger partial charge in [0, 0.05) is 0 Å². The van der Waals surface area contributed by atoms with Gasteiger partial charge in [0.1, 0.15) is 12.1 Å². The van der Waals surface area contributed by atoms with Crippen molar-refractivity contribution >= 4 is 28.7 Å². The smallest absolute Gasteiger partial charge is 0.408 e. The number of halogens is 2. The molecule has 0 saturated carbocycles. The zero-order valence-corrected chi connectivity index (χ0v) is 16.7. The molecular weight excluding hydrogens is 456 g/mol. The van der Waals surface area contributed by atoms with Crippen LogP contribution in [0.4, 0.5) is 9.18 Å². The first-order valence-corrected chi connectivity index (χ1v) is 9.75. The van der Waals surface area contributed by atoms with Crippen molar-refractivity contribution in [3.8, 4) is 0 Å². The second-order valence-electron chi connectivity index (χ2n) is 6.03. The Kier molecular flexibility index (Phi) is 6.45. The third-order valence-corrected chi connectivity index (χ3v) is 5.23. The minimum Gasteiger partial charge on any atom is -0.445 e. The summed E-state index contributed by atoms with van der Waals surface area (Å²) in [6.07, 6.45) is -0.675. The fraction of sp³-hybridized carbons (Fsp3) is 0.136. The monoisotopic (exact) mass is 475 g/mol. The first-order valence-electron chi connectivity index (χ1n) is 8.51. The third-order valence-electron chi connectivity index (χ3n) is 4.30. The zero-order chi connectivity index (χ0) is 19.1. The Hall–Kier alpha value is -2.41. The molecule has 138 valence electrons. The molecule has 5 heteroatoms. The van der Waals surface area contributed by atoms with Crippen LogP contribution in [-0.4, -0.2) is 10.3 Å². The number of hydrogen-bond donors (Lipinski definition) is 1. The number of carbonyl (C=O) groups is 1. The van der Waals surface area contributed by atoms with Crippen LogP contribution in [0.1, 0.15) is 16.7 Å². The lowest BCUT2D eigenvalue weighted by molar-refractivity contribution is 0.124. The van der Waals surface area contributed by atoms with Gasteiger partial charge in [0.15, 0.2) is 4.18 Å². The number of benzene rings is 3. The number of alkyl halides is 2. The number of carbonyl (C=O) groups excluding carboxylic acids is 1. The highest BCUT2D eigenvalue weighted by Gasteiger charge is 2.43. The van der Waals surface area contributed by atoms with Crippen LogP contribution in [0.15, 0.2) is 91.0 Å². The number of alkyl carbamates (subject to hydrolysis) is 1. The van der Waals surface area contributed by atoms with Crippen LogP contribution in [0.5, 0.6) is 0 Å². The average molecular weight is 475 g/mol. The van der Waals surface area contributed by atoms with Crippen molar-refractivity contribution in [1.82, 2.24) is 5.32 Å². The summed E-state index contributed by atoms with van der Waals surface area (Å²) < 4.78 is 19.0. The van der Waals surface area contributed by atoms with Crippen molar-refractivity contribution in [3.63, 3.8) is 0 Å². The fourth-order valence-corrected chi connectivity index (χ4v) is 3.81. The standard InChI is InChI=1S/C22H19FINO2/c23-20(24)22(18-12-6-2-7-13-18,19-14-8-3-9-15-19)25-21(26)27-16-17-10-4-1-5-11-17/h1-15,20H,16H2,(H,25,26). The van der Waals surface area contributed by atoms with E-state index in [1.54, 1.807) is 46.9 Å². The second kappa shape index (κ2) is 8.99. The molecule has 0 aliphatic rings. The molecule has 0 fully saturated rings. The first-order chi connectivity index (χ1) is 13.1. The molecule has 3 aromatic rings. The Morgan fingerprint density at radius 2 is 1.33 bits per heavy atom. The molecule has 1 unspecified atom stereocenters. The number of hydrogen-bond acceptors (Lipinski definition) is 2. The number of amides is 1. The van der Waals surface area contributed by atoms with Crippen molar-refractivity contribution in [2.45, 2.75) is 16.3 Å². The van der Waals surface area contributed by atoms with E-state index in [9.17, 15) is 4.79 Å². The minimum atomic E-state index is -1.41. The van der Waals surface area contributed by atoms with Gasteiger partial charge in [-0.1, -0.05) is 91.0 Å². The molecule has 1 atom stereocenters. The number of nitrogens with one attached hydrogen (secondary N) is 1. The quantitative estimate of drug-likeness (QED) is 0.373. The Balaban J connectivity index is 1.91. The van der Waals surface area contributed by atoms with Crippen LogP contribution in [0.2, 0.25) is 0 Å². The van der Waals surface area contributed by atoms with Crippen molar-refractivity contribution in [2.75, 3.05) is 0 Å². The summed E-state index contributed by atoms with van der Waals surface area (Å²) in [6.45, 7) is 0.116. The van der Waals surface area contributed by atoms with Crippen LogP contribution < -0.4 is 5.32 Å². The lowest BCUT2D eigenvalue weighted by atomic mass is 9.84. The lowest BCUT2D eigenvalue weighted by Gasteiger charge is -2.36. The van der Waals surface area contributed by atoms with Gasteiger partial charge in [-0.25, -0.2) is 9.18 Å². The van der Waals surface area contributed by atoms with E-state index in [-0.39, 0.29) is 6.61 Å². The van der Waals surface area contributed by atoms with Gasteiger partial charge in [0.05, 0.1) is 0 Å². The van der Waals surface area contributed by atoms with Crippen LogP contribution >= 0.6 is 22.6 Å². The molecule has 0 saturated heterocycles. The average Bonchev–Trinajstić information content (AvgIpc) is 2.72. The van der Waals surface area contributed by atoms with Crippen LogP contribution in [0.3, 0.4) is 0 Å². The van der Waals surface area contributed by atoms with Crippen LogP contribution in [0, 0.1) is 0 Å². The van der Waals surface area contributed by atoms with E-state index >= 15 is 4.39 Å². The Bertz CT molecular complexity index is 818. The topological polar surface area (TPSA) is 38.3 Å². The molecule has 0 radical (unpaired) electrons. The molecule has 0 aliphatic heterocycles.